The molecule has 5 aliphatic rings. The number of hydrogen-bond donors (Lipinski definition) is 3. The van der Waals surface area contributed by atoms with Crippen LogP contribution in [-0.4, -0.2) is 91.2 Å². The van der Waals surface area contributed by atoms with E-state index < -0.39 is 11.4 Å². The predicted octanol–water partition coefficient (Wildman–Crippen LogP) is 7.33. The summed E-state index contributed by atoms with van der Waals surface area (Å²) in [6.45, 7) is 0.682. The molecular weight excluding hydrogens is 984 g/mol. The van der Waals surface area contributed by atoms with Gasteiger partial charge in [0.25, 0.3) is 11.8 Å². The molecule has 18 nitrogen and oxygen atoms in total. The molecule has 2 amide bonds. The standard InChI is InChI=1S/C27H26FN3O5.C14H19N3O3.C12H6FNO3.ClH/c1-34-19-11-23-26(30-13-19)35-14-25(32)31(23)18-5-3-17(4-6-18)29-12-15-8-20-21-10-16(28)2-7-24(21)36-27(33)22(20)9-15;1-19-11-6-12-14(16-7-11)20-8-13(18)17(12)10-4-2-9(15)3-5-10;13-6-1-2-10-8(3-6)11-9(12(16)17-10)4-7(5-15)14-11;/h2,7,9-11,13,17-18,29H,3-6,8,12,14H2,1H3;6-7,9-10H,2-5,8,15H2,1H3;1-5,14H;1H. The lowest BCUT2D eigenvalue weighted by Crippen LogP contribution is -2.49. The summed E-state index contributed by atoms with van der Waals surface area (Å²) in [5.74, 6) is 1.30. The summed E-state index contributed by atoms with van der Waals surface area (Å²) >= 11 is 0. The van der Waals surface area contributed by atoms with Gasteiger partial charge in [0.1, 0.15) is 45.7 Å². The van der Waals surface area contributed by atoms with Crippen molar-refractivity contribution in [3.8, 4) is 23.3 Å². The highest BCUT2D eigenvalue weighted by Crippen LogP contribution is 2.39. The van der Waals surface area contributed by atoms with E-state index in [0.717, 1.165) is 62.5 Å². The summed E-state index contributed by atoms with van der Waals surface area (Å²) < 4.78 is 58.8. The van der Waals surface area contributed by atoms with E-state index in [9.17, 15) is 32.8 Å². The number of amides is 2. The molecule has 2 fully saturated rings. The third kappa shape index (κ3) is 10.4. The zero-order valence-corrected chi connectivity index (χ0v) is 41.1. The molecule has 2 aromatic carbocycles. The highest BCUT2D eigenvalue weighted by molar-refractivity contribution is 6.04. The lowest BCUT2D eigenvalue weighted by Gasteiger charge is -2.39. The Bertz CT molecular complexity index is 3440. The number of nitrogens with one attached hydrogen (secondary N) is 2. The van der Waals surface area contributed by atoms with Crippen molar-refractivity contribution in [2.24, 2.45) is 5.73 Å². The Hall–Kier alpha value is -7.68. The Labute approximate surface area is 427 Å². The molecule has 0 bridgehead atoms. The van der Waals surface area contributed by atoms with Crippen LogP contribution < -0.4 is 51.0 Å². The number of fused-ring (bicyclic) bond motifs is 8. The number of benzene rings is 2. The summed E-state index contributed by atoms with van der Waals surface area (Å²) in [5, 5.41) is 4.94. The molecule has 386 valence electrons. The number of hydrogen-bond acceptors (Lipinski definition) is 15. The second kappa shape index (κ2) is 21.8. The van der Waals surface area contributed by atoms with Gasteiger partial charge in [-0.05, 0) is 112 Å². The first-order valence-corrected chi connectivity index (χ1v) is 24.0. The number of H-pyrrole nitrogens is 1. The van der Waals surface area contributed by atoms with Crippen LogP contribution in [0.5, 0.6) is 23.3 Å². The molecule has 0 spiro atoms. The first-order valence-electron chi connectivity index (χ1n) is 24.0. The SMILES string of the molecule is COc1cnc2c(c1)N(C1CCC(N)CC1)C(=O)CO2.COc1cnc2c(c1)N(C1CCC(NCC3=Cc4c(c5cc(F)ccc5oc4=O)C3)CC1)C(=O)CO2.Cl.O=Cc1cc2c(=O)oc3ccc(F)cc3c2[nH]1. The highest BCUT2D eigenvalue weighted by Gasteiger charge is 2.37. The van der Waals surface area contributed by atoms with Crippen molar-refractivity contribution >= 4 is 80.8 Å². The fourth-order valence-electron chi connectivity index (χ4n) is 10.3. The summed E-state index contributed by atoms with van der Waals surface area (Å²) in [6.07, 6.45) is 13.5. The molecule has 21 heteroatoms. The van der Waals surface area contributed by atoms with Crippen molar-refractivity contribution in [3.63, 3.8) is 0 Å². The summed E-state index contributed by atoms with van der Waals surface area (Å²) in [6, 6.07) is 13.9. The van der Waals surface area contributed by atoms with Crippen molar-refractivity contribution in [3.05, 3.63) is 122 Å². The number of aromatic amines is 1. The number of rotatable bonds is 8. The second-order valence-corrected chi connectivity index (χ2v) is 18.5. The van der Waals surface area contributed by atoms with Crippen molar-refractivity contribution in [2.75, 3.05) is 43.8 Å². The average Bonchev–Trinajstić information content (AvgIpc) is 4.06. The molecule has 4 N–H and O–H groups in total. The number of halogens is 3. The minimum absolute atomic E-state index is 0. The number of aldehydes is 1. The van der Waals surface area contributed by atoms with Gasteiger partial charge in [-0.25, -0.2) is 28.3 Å². The fourth-order valence-corrected chi connectivity index (χ4v) is 10.3. The second-order valence-electron chi connectivity index (χ2n) is 18.5. The van der Waals surface area contributed by atoms with Crippen LogP contribution in [0.4, 0.5) is 20.2 Å². The zero-order valence-electron chi connectivity index (χ0n) is 40.3. The van der Waals surface area contributed by atoms with E-state index in [1.54, 1.807) is 32.7 Å². The Kier molecular flexibility index (Phi) is 15.1. The number of anilines is 2. The molecule has 0 saturated heterocycles. The number of carbonyl (C=O) groups is 3. The first kappa shape index (κ1) is 51.2. The molecule has 2 saturated carbocycles. The summed E-state index contributed by atoms with van der Waals surface area (Å²) in [5.41, 5.74) is 10.2. The average molecular weight is 1040 g/mol. The quantitative estimate of drug-likeness (QED) is 0.0998. The minimum atomic E-state index is -0.552. The van der Waals surface area contributed by atoms with E-state index in [-0.39, 0.29) is 83.7 Å². The molecular formula is C53H52ClF2N7O11. The van der Waals surface area contributed by atoms with Gasteiger partial charge in [-0.15, -0.1) is 12.4 Å². The van der Waals surface area contributed by atoms with Gasteiger partial charge < -0.3 is 53.6 Å². The molecule has 3 aliphatic carbocycles. The van der Waals surface area contributed by atoms with E-state index in [0.29, 0.717) is 87.4 Å². The fraction of sp³-hybridized carbons (Fsp3) is 0.340. The van der Waals surface area contributed by atoms with E-state index in [1.165, 1.54) is 42.5 Å². The van der Waals surface area contributed by atoms with E-state index in [2.05, 4.69) is 20.3 Å². The first-order chi connectivity index (χ1) is 35.4. The number of methoxy groups -OCH3 is 2. The van der Waals surface area contributed by atoms with Gasteiger partial charge in [-0.3, -0.25) is 14.4 Å². The zero-order chi connectivity index (χ0) is 50.9. The number of aromatic nitrogens is 3. The van der Waals surface area contributed by atoms with Crippen LogP contribution in [0, 0.1) is 11.6 Å². The number of nitrogens with zero attached hydrogens (tertiary/aromatic N) is 4. The van der Waals surface area contributed by atoms with Crippen molar-refractivity contribution in [1.29, 1.82) is 0 Å². The summed E-state index contributed by atoms with van der Waals surface area (Å²) in [4.78, 5) is 74.6. The Morgan fingerprint density at radius 2 is 1.27 bits per heavy atom. The molecule has 0 atom stereocenters. The van der Waals surface area contributed by atoms with Crippen molar-refractivity contribution in [1.82, 2.24) is 20.3 Å². The summed E-state index contributed by atoms with van der Waals surface area (Å²) in [7, 11) is 3.15. The lowest BCUT2D eigenvalue weighted by atomic mass is 9.89. The molecule has 74 heavy (non-hydrogen) atoms. The van der Waals surface area contributed by atoms with Gasteiger partial charge in [0, 0.05) is 53.6 Å². The van der Waals surface area contributed by atoms with Crippen molar-refractivity contribution in [2.45, 2.75) is 82.0 Å². The molecule has 12 rings (SSSR count). The van der Waals surface area contributed by atoms with Gasteiger partial charge in [0.2, 0.25) is 11.8 Å². The molecule has 7 heterocycles. The number of ether oxygens (including phenoxy) is 4. The van der Waals surface area contributed by atoms with Crippen LogP contribution in [0.25, 0.3) is 38.9 Å². The predicted molar refractivity (Wildman–Crippen MR) is 273 cm³/mol. The number of carbonyl (C=O) groups excluding carboxylic acids is 3. The Morgan fingerprint density at radius 3 is 1.84 bits per heavy atom. The Balaban J connectivity index is 0.000000149. The van der Waals surface area contributed by atoms with E-state index in [4.69, 9.17) is 33.5 Å². The maximum Gasteiger partial charge on any atom is 0.345 e. The molecule has 2 aliphatic heterocycles. The Morgan fingerprint density at radius 1 is 0.730 bits per heavy atom. The topological polar surface area (TPSA) is 235 Å². The van der Waals surface area contributed by atoms with E-state index in [1.807, 2.05) is 21.9 Å². The van der Waals surface area contributed by atoms with Gasteiger partial charge in [0.15, 0.2) is 19.5 Å². The molecule has 0 radical (unpaired) electrons. The van der Waals surface area contributed by atoms with Gasteiger partial charge >= 0.3 is 11.3 Å². The van der Waals surface area contributed by atoms with Crippen LogP contribution in [0.15, 0.2) is 91.0 Å². The molecule has 5 aromatic heterocycles. The third-order valence-corrected chi connectivity index (χ3v) is 14.0. The van der Waals surface area contributed by atoms with Gasteiger partial charge in [-0.2, -0.15) is 0 Å². The third-order valence-electron chi connectivity index (χ3n) is 14.0. The monoisotopic (exact) mass is 1040 g/mol. The highest BCUT2D eigenvalue weighted by atomic mass is 35.5. The maximum atomic E-state index is 13.8. The number of pyridine rings is 2. The van der Waals surface area contributed by atoms with Crippen LogP contribution in [0.3, 0.4) is 0 Å². The normalized spacial score (nSPS) is 19.8. The minimum Gasteiger partial charge on any atom is -0.495 e. The lowest BCUT2D eigenvalue weighted by molar-refractivity contribution is -0.122. The van der Waals surface area contributed by atoms with Crippen LogP contribution >= 0.6 is 12.4 Å². The largest absolute Gasteiger partial charge is 0.495 e. The van der Waals surface area contributed by atoms with E-state index >= 15 is 0 Å². The maximum absolute atomic E-state index is 13.8. The van der Waals surface area contributed by atoms with Crippen LogP contribution in [-0.2, 0) is 16.0 Å². The van der Waals surface area contributed by atoms with Gasteiger partial charge in [-0.1, -0.05) is 5.57 Å². The number of nitrogens with two attached hydrogens (primary N) is 1. The molecule has 0 unspecified atom stereocenters. The smallest absolute Gasteiger partial charge is 0.345 e. The van der Waals surface area contributed by atoms with Crippen molar-refractivity contribution < 1.29 is 50.9 Å². The van der Waals surface area contributed by atoms with Crippen LogP contribution in [0.1, 0.15) is 73.0 Å². The molecule has 7 aromatic rings. The van der Waals surface area contributed by atoms with Gasteiger partial charge in [0.05, 0.1) is 48.8 Å². The van der Waals surface area contributed by atoms with Crippen LogP contribution in [0.2, 0.25) is 0 Å².